The minimum absolute atomic E-state index is 0.0440. The second-order valence-corrected chi connectivity index (χ2v) is 6.19. The molecule has 1 aromatic heterocycles. The zero-order valence-electron chi connectivity index (χ0n) is 14.8. The summed E-state index contributed by atoms with van der Waals surface area (Å²) in [6.07, 6.45) is 0. The van der Waals surface area contributed by atoms with Crippen molar-refractivity contribution in [1.82, 2.24) is 14.9 Å². The van der Waals surface area contributed by atoms with Gasteiger partial charge in [-0.25, -0.2) is 4.98 Å². The number of benzene rings is 2. The van der Waals surface area contributed by atoms with Gasteiger partial charge in [-0.3, -0.25) is 4.79 Å². The fraction of sp³-hybridized carbons (Fsp3) is 0.300. The molecule has 0 aliphatic heterocycles. The van der Waals surface area contributed by atoms with E-state index in [1.54, 1.807) is 0 Å². The third-order valence-corrected chi connectivity index (χ3v) is 4.31. The van der Waals surface area contributed by atoms with Crippen molar-refractivity contribution in [2.24, 2.45) is 0 Å². The summed E-state index contributed by atoms with van der Waals surface area (Å²) in [6.45, 7) is 4.82. The molecular formula is C20H23N3O2. The molecule has 5 nitrogen and oxygen atoms in total. The second-order valence-electron chi connectivity index (χ2n) is 6.19. The molecule has 1 heterocycles. The summed E-state index contributed by atoms with van der Waals surface area (Å²) in [5.74, 6) is 0.693. The van der Waals surface area contributed by atoms with Gasteiger partial charge in [0, 0.05) is 13.7 Å². The minimum Gasteiger partial charge on any atom is -0.375 e. The maximum Gasteiger partial charge on any atom is 0.246 e. The molecule has 0 radical (unpaired) electrons. The number of fused-ring (bicyclic) bond motifs is 1. The summed E-state index contributed by atoms with van der Waals surface area (Å²) in [7, 11) is 1.51. The molecular weight excluding hydrogens is 314 g/mol. The highest BCUT2D eigenvalue weighted by molar-refractivity contribution is 5.78. The number of nitrogens with zero attached hydrogens (tertiary/aromatic N) is 2. The molecule has 0 bridgehead atoms. The van der Waals surface area contributed by atoms with Gasteiger partial charge in [-0.15, -0.1) is 0 Å². The first-order valence-corrected chi connectivity index (χ1v) is 8.38. The topological polar surface area (TPSA) is 56.1 Å². The Hall–Kier alpha value is -2.66. The van der Waals surface area contributed by atoms with E-state index in [4.69, 9.17) is 9.72 Å². The van der Waals surface area contributed by atoms with Gasteiger partial charge in [0.25, 0.3) is 0 Å². The van der Waals surface area contributed by atoms with E-state index in [9.17, 15) is 4.79 Å². The molecule has 0 saturated heterocycles. The van der Waals surface area contributed by atoms with Gasteiger partial charge < -0.3 is 14.6 Å². The third-order valence-electron chi connectivity index (χ3n) is 4.31. The van der Waals surface area contributed by atoms with Gasteiger partial charge in [-0.05, 0) is 37.1 Å². The lowest BCUT2D eigenvalue weighted by Gasteiger charge is -2.17. The number of nitrogens with one attached hydrogen (secondary N) is 1. The predicted octanol–water partition coefficient (Wildman–Crippen LogP) is 3.22. The maximum absolute atomic E-state index is 11.9. The van der Waals surface area contributed by atoms with Gasteiger partial charge >= 0.3 is 0 Å². The molecule has 0 aliphatic rings. The third kappa shape index (κ3) is 3.72. The first kappa shape index (κ1) is 17.2. The Balaban J connectivity index is 2.00. The lowest BCUT2D eigenvalue weighted by molar-refractivity contribution is -0.125. The summed E-state index contributed by atoms with van der Waals surface area (Å²) < 4.78 is 7.08. The number of para-hydroxylation sites is 2. The molecule has 3 rings (SSSR count). The Kier molecular flexibility index (Phi) is 5.14. The summed E-state index contributed by atoms with van der Waals surface area (Å²) in [5, 5.41) is 2.95. The van der Waals surface area contributed by atoms with Crippen molar-refractivity contribution in [3.05, 3.63) is 65.5 Å². The van der Waals surface area contributed by atoms with Gasteiger partial charge in [0.2, 0.25) is 5.91 Å². The van der Waals surface area contributed by atoms with Crippen molar-refractivity contribution < 1.29 is 9.53 Å². The molecule has 0 aliphatic carbocycles. The predicted molar refractivity (Wildman–Crippen MR) is 98.4 cm³/mol. The SMILES string of the molecule is COCC(=O)N[C@H](C)c1nc2ccccc2n1Cc1ccccc1C. The molecule has 0 unspecified atom stereocenters. The van der Waals surface area contributed by atoms with E-state index < -0.39 is 0 Å². The van der Waals surface area contributed by atoms with E-state index >= 15 is 0 Å². The number of rotatable bonds is 6. The Morgan fingerprint density at radius 1 is 1.20 bits per heavy atom. The van der Waals surface area contributed by atoms with Crippen LogP contribution in [0.1, 0.15) is 29.9 Å². The van der Waals surface area contributed by atoms with Crippen LogP contribution < -0.4 is 5.32 Å². The van der Waals surface area contributed by atoms with Crippen LogP contribution in [0.25, 0.3) is 11.0 Å². The average molecular weight is 337 g/mol. The number of aromatic nitrogens is 2. The fourth-order valence-electron chi connectivity index (χ4n) is 3.03. The fourth-order valence-corrected chi connectivity index (χ4v) is 3.03. The Morgan fingerprint density at radius 3 is 2.68 bits per heavy atom. The first-order valence-electron chi connectivity index (χ1n) is 8.38. The standard InChI is InChI=1S/C20H23N3O2/c1-14-8-4-5-9-16(14)12-23-18-11-7-6-10-17(18)22-20(23)15(2)21-19(24)13-25-3/h4-11,15H,12-13H2,1-3H3,(H,21,24)/t15-/m1/s1. The van der Waals surface area contributed by atoms with Crippen LogP contribution in [0.2, 0.25) is 0 Å². The molecule has 130 valence electrons. The number of hydrogen-bond acceptors (Lipinski definition) is 3. The monoisotopic (exact) mass is 337 g/mol. The van der Waals surface area contributed by atoms with Crippen LogP contribution in [0.5, 0.6) is 0 Å². The molecule has 2 aromatic carbocycles. The van der Waals surface area contributed by atoms with Crippen molar-refractivity contribution in [1.29, 1.82) is 0 Å². The second kappa shape index (κ2) is 7.49. The first-order chi connectivity index (χ1) is 12.1. The van der Waals surface area contributed by atoms with Crippen LogP contribution in [-0.4, -0.2) is 29.2 Å². The number of ether oxygens (including phenoxy) is 1. The van der Waals surface area contributed by atoms with E-state index in [1.807, 2.05) is 37.3 Å². The number of aryl methyl sites for hydroxylation is 1. The summed E-state index contributed by atoms with van der Waals surface area (Å²) in [4.78, 5) is 16.7. The normalized spacial score (nSPS) is 12.3. The number of hydrogen-bond donors (Lipinski definition) is 1. The van der Waals surface area contributed by atoms with Gasteiger partial charge in [-0.2, -0.15) is 0 Å². The zero-order chi connectivity index (χ0) is 17.8. The van der Waals surface area contributed by atoms with Crippen LogP contribution in [0.3, 0.4) is 0 Å². The lowest BCUT2D eigenvalue weighted by atomic mass is 10.1. The number of amides is 1. The van der Waals surface area contributed by atoms with E-state index in [0.717, 1.165) is 16.9 Å². The van der Waals surface area contributed by atoms with Crippen molar-refractivity contribution in [2.75, 3.05) is 13.7 Å². The number of carbonyl (C=O) groups excluding carboxylic acids is 1. The van der Waals surface area contributed by atoms with E-state index in [-0.39, 0.29) is 18.6 Å². The van der Waals surface area contributed by atoms with Crippen molar-refractivity contribution in [3.8, 4) is 0 Å². The van der Waals surface area contributed by atoms with Gasteiger partial charge in [0.05, 0.1) is 17.1 Å². The quantitative estimate of drug-likeness (QED) is 0.751. The highest BCUT2D eigenvalue weighted by atomic mass is 16.5. The molecule has 0 saturated carbocycles. The van der Waals surface area contributed by atoms with E-state index in [0.29, 0.717) is 6.54 Å². The molecule has 0 fully saturated rings. The van der Waals surface area contributed by atoms with Crippen LogP contribution in [0.4, 0.5) is 0 Å². The minimum atomic E-state index is -0.209. The molecule has 1 atom stereocenters. The molecule has 1 amide bonds. The van der Waals surface area contributed by atoms with E-state index in [2.05, 4.69) is 35.0 Å². The largest absolute Gasteiger partial charge is 0.375 e. The Labute approximate surface area is 147 Å². The van der Waals surface area contributed by atoms with Crippen LogP contribution in [0.15, 0.2) is 48.5 Å². The van der Waals surface area contributed by atoms with E-state index in [1.165, 1.54) is 18.2 Å². The maximum atomic E-state index is 11.9. The number of carbonyl (C=O) groups is 1. The Bertz CT molecular complexity index is 886. The van der Waals surface area contributed by atoms with Gasteiger partial charge in [0.1, 0.15) is 12.4 Å². The average Bonchev–Trinajstić information content (AvgIpc) is 2.96. The number of imidazole rings is 1. The summed E-state index contributed by atoms with van der Waals surface area (Å²) >= 11 is 0. The molecule has 0 spiro atoms. The van der Waals surface area contributed by atoms with Crippen LogP contribution >= 0.6 is 0 Å². The van der Waals surface area contributed by atoms with Crippen molar-refractivity contribution >= 4 is 16.9 Å². The lowest BCUT2D eigenvalue weighted by Crippen LogP contribution is -2.31. The van der Waals surface area contributed by atoms with Gasteiger partial charge in [-0.1, -0.05) is 36.4 Å². The zero-order valence-corrected chi connectivity index (χ0v) is 14.8. The molecule has 1 N–H and O–H groups in total. The van der Waals surface area contributed by atoms with Crippen molar-refractivity contribution in [3.63, 3.8) is 0 Å². The summed E-state index contributed by atoms with van der Waals surface area (Å²) in [5.41, 5.74) is 4.47. The number of methoxy groups -OCH3 is 1. The van der Waals surface area contributed by atoms with Gasteiger partial charge in [0.15, 0.2) is 0 Å². The highest BCUT2D eigenvalue weighted by Crippen LogP contribution is 2.23. The smallest absolute Gasteiger partial charge is 0.246 e. The van der Waals surface area contributed by atoms with Crippen molar-refractivity contribution in [2.45, 2.75) is 26.4 Å². The highest BCUT2D eigenvalue weighted by Gasteiger charge is 2.18. The molecule has 25 heavy (non-hydrogen) atoms. The molecule has 5 heteroatoms. The van der Waals surface area contributed by atoms with Crippen LogP contribution in [0, 0.1) is 6.92 Å². The Morgan fingerprint density at radius 2 is 1.92 bits per heavy atom. The summed E-state index contributed by atoms with van der Waals surface area (Å²) in [6, 6.07) is 16.2. The van der Waals surface area contributed by atoms with Crippen LogP contribution in [-0.2, 0) is 16.1 Å². The molecule has 3 aromatic rings.